The molecule has 0 atom stereocenters. The molecule has 2 aromatic carbocycles. The topological polar surface area (TPSA) is 64.1 Å². The molecule has 1 heterocycles. The average molecular weight is 311 g/mol. The lowest BCUT2D eigenvalue weighted by Gasteiger charge is -2.09. The van der Waals surface area contributed by atoms with E-state index in [1.54, 1.807) is 19.2 Å². The van der Waals surface area contributed by atoms with Crippen LogP contribution in [0.25, 0.3) is 11.3 Å². The number of anilines is 1. The van der Waals surface area contributed by atoms with Crippen LogP contribution in [-0.2, 0) is 0 Å². The van der Waals surface area contributed by atoms with E-state index in [-0.39, 0.29) is 5.91 Å². The predicted octanol–water partition coefficient (Wildman–Crippen LogP) is 3.47. The molecule has 0 radical (unpaired) electrons. The van der Waals surface area contributed by atoms with E-state index in [2.05, 4.69) is 14.9 Å². The highest BCUT2D eigenvalue weighted by Gasteiger charge is 2.18. The molecule has 5 nitrogen and oxygen atoms in total. The Balaban J connectivity index is 1.90. The van der Waals surface area contributed by atoms with Crippen molar-refractivity contribution in [1.82, 2.24) is 9.59 Å². The second-order valence-electron chi connectivity index (χ2n) is 4.47. The molecule has 22 heavy (non-hydrogen) atoms. The fraction of sp³-hybridized carbons (Fsp3) is 0.0625. The van der Waals surface area contributed by atoms with Crippen LogP contribution >= 0.6 is 11.5 Å². The van der Waals surface area contributed by atoms with Crippen LogP contribution in [0.4, 0.5) is 5.69 Å². The van der Waals surface area contributed by atoms with Gasteiger partial charge in [0.05, 0.1) is 12.8 Å². The summed E-state index contributed by atoms with van der Waals surface area (Å²) in [5, 5.41) is 6.91. The van der Waals surface area contributed by atoms with Gasteiger partial charge in [0, 0.05) is 5.56 Å². The minimum atomic E-state index is -0.252. The van der Waals surface area contributed by atoms with Gasteiger partial charge >= 0.3 is 0 Å². The molecule has 0 bridgehead atoms. The van der Waals surface area contributed by atoms with Crippen molar-refractivity contribution in [3.05, 3.63) is 59.5 Å². The Hall–Kier alpha value is -2.73. The van der Waals surface area contributed by atoms with Crippen LogP contribution in [0.1, 0.15) is 9.67 Å². The van der Waals surface area contributed by atoms with Gasteiger partial charge < -0.3 is 10.1 Å². The van der Waals surface area contributed by atoms with Gasteiger partial charge in [0.1, 0.15) is 16.3 Å². The fourth-order valence-corrected chi connectivity index (χ4v) is 2.63. The van der Waals surface area contributed by atoms with Crippen LogP contribution in [0.5, 0.6) is 5.75 Å². The van der Waals surface area contributed by atoms with Crippen molar-refractivity contribution in [2.45, 2.75) is 0 Å². The summed E-state index contributed by atoms with van der Waals surface area (Å²) in [7, 11) is 1.56. The maximum atomic E-state index is 12.5. The molecule has 6 heteroatoms. The second-order valence-corrected chi connectivity index (χ2v) is 5.23. The molecular weight excluding hydrogens is 298 g/mol. The van der Waals surface area contributed by atoms with Crippen molar-refractivity contribution < 1.29 is 9.53 Å². The van der Waals surface area contributed by atoms with Gasteiger partial charge in [0.25, 0.3) is 5.91 Å². The maximum Gasteiger partial charge on any atom is 0.269 e. The molecule has 0 aliphatic carbocycles. The zero-order valence-electron chi connectivity index (χ0n) is 11.8. The Labute approximate surface area is 131 Å². The molecule has 1 N–H and O–H groups in total. The lowest BCUT2D eigenvalue weighted by molar-refractivity contribution is 0.103. The third kappa shape index (κ3) is 2.82. The van der Waals surface area contributed by atoms with Gasteiger partial charge in [-0.15, -0.1) is 5.10 Å². The number of nitrogens with one attached hydrogen (secondary N) is 1. The van der Waals surface area contributed by atoms with Gasteiger partial charge in [-0.3, -0.25) is 4.79 Å². The normalized spacial score (nSPS) is 10.2. The van der Waals surface area contributed by atoms with E-state index in [1.807, 2.05) is 42.5 Å². The number of ether oxygens (including phenoxy) is 1. The number of para-hydroxylation sites is 2. The first-order valence-corrected chi connectivity index (χ1v) is 7.39. The number of hydrogen-bond donors (Lipinski definition) is 1. The van der Waals surface area contributed by atoms with Gasteiger partial charge in [-0.25, -0.2) is 0 Å². The highest BCUT2D eigenvalue weighted by Crippen LogP contribution is 2.27. The van der Waals surface area contributed by atoms with Crippen LogP contribution in [0.15, 0.2) is 54.6 Å². The molecule has 1 aromatic heterocycles. The highest BCUT2D eigenvalue weighted by atomic mass is 32.1. The number of hydrogen-bond acceptors (Lipinski definition) is 5. The number of aromatic nitrogens is 2. The summed E-state index contributed by atoms with van der Waals surface area (Å²) in [6, 6.07) is 16.8. The van der Waals surface area contributed by atoms with Crippen molar-refractivity contribution in [3.8, 4) is 17.0 Å². The van der Waals surface area contributed by atoms with E-state index in [4.69, 9.17) is 4.74 Å². The first-order valence-electron chi connectivity index (χ1n) is 6.61. The van der Waals surface area contributed by atoms with Crippen molar-refractivity contribution in [3.63, 3.8) is 0 Å². The standard InChI is InChI=1S/C16H13N3O2S/c1-21-13-10-6-5-9-12(13)17-16(20)15-14(18-19-22-15)11-7-3-2-4-8-11/h2-10H,1H3,(H,17,20). The van der Waals surface area contributed by atoms with Crippen molar-refractivity contribution in [2.75, 3.05) is 12.4 Å². The Morgan fingerprint density at radius 1 is 1.09 bits per heavy atom. The van der Waals surface area contributed by atoms with E-state index in [9.17, 15) is 4.79 Å². The summed E-state index contributed by atoms with van der Waals surface area (Å²) < 4.78 is 9.14. The van der Waals surface area contributed by atoms with Crippen LogP contribution in [0.2, 0.25) is 0 Å². The summed E-state index contributed by atoms with van der Waals surface area (Å²) in [6.07, 6.45) is 0. The smallest absolute Gasteiger partial charge is 0.269 e. The Bertz CT molecular complexity index is 787. The molecule has 0 aliphatic rings. The van der Waals surface area contributed by atoms with Gasteiger partial charge in [0.15, 0.2) is 0 Å². The molecule has 1 amide bonds. The molecule has 3 rings (SSSR count). The van der Waals surface area contributed by atoms with Crippen LogP contribution in [0, 0.1) is 0 Å². The maximum absolute atomic E-state index is 12.5. The summed E-state index contributed by atoms with van der Waals surface area (Å²) in [6.45, 7) is 0. The second kappa shape index (κ2) is 6.36. The lowest BCUT2D eigenvalue weighted by Crippen LogP contribution is -2.12. The zero-order chi connectivity index (χ0) is 15.4. The fourth-order valence-electron chi connectivity index (χ4n) is 2.05. The number of amides is 1. The van der Waals surface area contributed by atoms with Gasteiger partial charge in [0.2, 0.25) is 0 Å². The lowest BCUT2D eigenvalue weighted by atomic mass is 10.1. The first kappa shape index (κ1) is 14.2. The molecule has 0 unspecified atom stereocenters. The molecular formula is C16H13N3O2S. The van der Waals surface area contributed by atoms with Gasteiger partial charge in [-0.05, 0) is 23.7 Å². The van der Waals surface area contributed by atoms with E-state index >= 15 is 0 Å². The predicted molar refractivity (Wildman–Crippen MR) is 86.3 cm³/mol. The molecule has 0 fully saturated rings. The summed E-state index contributed by atoms with van der Waals surface area (Å²) in [5.41, 5.74) is 2.06. The Kier molecular flexibility index (Phi) is 4.11. The molecule has 0 aliphatic heterocycles. The van der Waals surface area contributed by atoms with Crippen LogP contribution in [-0.4, -0.2) is 22.6 Å². The Morgan fingerprint density at radius 3 is 2.59 bits per heavy atom. The average Bonchev–Trinajstić information content (AvgIpc) is 3.06. The van der Waals surface area contributed by atoms with Gasteiger partial charge in [-0.2, -0.15) is 0 Å². The molecule has 110 valence electrons. The quantitative estimate of drug-likeness (QED) is 0.801. The number of carbonyl (C=O) groups is 1. The van der Waals surface area contributed by atoms with E-state index in [1.165, 1.54) is 0 Å². The summed E-state index contributed by atoms with van der Waals surface area (Å²) in [5.74, 6) is 0.355. The van der Waals surface area contributed by atoms with Gasteiger partial charge in [-0.1, -0.05) is 47.0 Å². The van der Waals surface area contributed by atoms with Crippen molar-refractivity contribution in [1.29, 1.82) is 0 Å². The van der Waals surface area contributed by atoms with E-state index in [0.29, 0.717) is 22.0 Å². The largest absolute Gasteiger partial charge is 0.495 e. The minimum Gasteiger partial charge on any atom is -0.495 e. The molecule has 0 saturated heterocycles. The molecule has 0 spiro atoms. The van der Waals surface area contributed by atoms with E-state index < -0.39 is 0 Å². The number of methoxy groups -OCH3 is 1. The van der Waals surface area contributed by atoms with E-state index in [0.717, 1.165) is 17.1 Å². The SMILES string of the molecule is COc1ccccc1NC(=O)c1snnc1-c1ccccc1. The number of nitrogens with zero attached hydrogens (tertiary/aromatic N) is 2. The van der Waals surface area contributed by atoms with Crippen molar-refractivity contribution >= 4 is 23.1 Å². The van der Waals surface area contributed by atoms with Crippen LogP contribution in [0.3, 0.4) is 0 Å². The zero-order valence-corrected chi connectivity index (χ0v) is 12.6. The molecule has 0 saturated carbocycles. The third-order valence-electron chi connectivity index (χ3n) is 3.10. The third-order valence-corrected chi connectivity index (χ3v) is 3.82. The highest BCUT2D eigenvalue weighted by molar-refractivity contribution is 7.08. The number of carbonyl (C=O) groups excluding carboxylic acids is 1. The van der Waals surface area contributed by atoms with Crippen LogP contribution < -0.4 is 10.1 Å². The Morgan fingerprint density at radius 2 is 1.82 bits per heavy atom. The molecule has 3 aromatic rings. The van der Waals surface area contributed by atoms with Crippen molar-refractivity contribution in [2.24, 2.45) is 0 Å². The first-order chi connectivity index (χ1) is 10.8. The minimum absolute atomic E-state index is 0.252. The summed E-state index contributed by atoms with van der Waals surface area (Å²) >= 11 is 1.07. The monoisotopic (exact) mass is 311 g/mol. The number of rotatable bonds is 4. The summed E-state index contributed by atoms with van der Waals surface area (Å²) in [4.78, 5) is 13.0. The number of benzene rings is 2.